The molecule has 84 valence electrons. The third-order valence-electron chi connectivity index (χ3n) is 1.47. The number of nitrogens with one attached hydrogen (secondary N) is 1. The monoisotopic (exact) mass is 257 g/mol. The smallest absolute Gasteiger partial charge is 0.249 e. The van der Waals surface area contributed by atoms with Gasteiger partial charge in [0.05, 0.1) is 0 Å². The van der Waals surface area contributed by atoms with Crippen LogP contribution in [-0.2, 0) is 4.79 Å². The van der Waals surface area contributed by atoms with Gasteiger partial charge in [-0.15, -0.1) is 0 Å². The van der Waals surface area contributed by atoms with E-state index in [0.29, 0.717) is 0 Å². The maximum absolute atomic E-state index is 11.3. The van der Waals surface area contributed by atoms with Crippen molar-refractivity contribution in [3.63, 3.8) is 0 Å². The highest BCUT2D eigenvalue weighted by Gasteiger charge is 2.03. The van der Waals surface area contributed by atoms with E-state index < -0.39 is 0 Å². The van der Waals surface area contributed by atoms with Crippen LogP contribution in [-0.4, -0.2) is 15.9 Å². The third-order valence-corrected chi connectivity index (χ3v) is 1.83. The maximum atomic E-state index is 11.3. The highest BCUT2D eigenvalue weighted by molar-refractivity contribution is 6.32. The lowest BCUT2D eigenvalue weighted by atomic mass is 10.4. The Balaban J connectivity index is 2.69. The summed E-state index contributed by atoms with van der Waals surface area (Å²) < 4.78 is 0. The largest absolute Gasteiger partial charge is 0.307 e. The predicted octanol–water partition coefficient (Wildman–Crippen LogP) is 2.85. The fourth-order valence-electron chi connectivity index (χ4n) is 0.876. The van der Waals surface area contributed by atoms with E-state index in [1.54, 1.807) is 12.2 Å². The first kappa shape index (κ1) is 12.7. The summed E-state index contributed by atoms with van der Waals surface area (Å²) in [6, 6.07) is 1.41. The van der Waals surface area contributed by atoms with E-state index in [4.69, 9.17) is 23.2 Å². The second-order valence-electron chi connectivity index (χ2n) is 2.72. The van der Waals surface area contributed by atoms with Gasteiger partial charge in [-0.1, -0.05) is 29.8 Å². The van der Waals surface area contributed by atoms with Crippen molar-refractivity contribution in [2.24, 2.45) is 0 Å². The van der Waals surface area contributed by atoms with Crippen LogP contribution in [0.25, 0.3) is 0 Å². The van der Waals surface area contributed by atoms with Crippen molar-refractivity contribution >= 4 is 34.9 Å². The fourth-order valence-corrected chi connectivity index (χ4v) is 1.28. The van der Waals surface area contributed by atoms with Gasteiger partial charge in [-0.3, -0.25) is 4.79 Å². The normalized spacial score (nSPS) is 11.2. The summed E-state index contributed by atoms with van der Waals surface area (Å²) in [5, 5.41) is 2.66. The van der Waals surface area contributed by atoms with Crippen LogP contribution in [0.1, 0.15) is 6.92 Å². The second-order valence-corrected chi connectivity index (χ2v) is 3.44. The van der Waals surface area contributed by atoms with Gasteiger partial charge in [0.2, 0.25) is 11.2 Å². The lowest BCUT2D eigenvalue weighted by Crippen LogP contribution is -2.09. The molecule has 0 radical (unpaired) electrons. The number of aromatic nitrogens is 2. The molecule has 0 aliphatic rings. The molecule has 1 aromatic rings. The van der Waals surface area contributed by atoms with Gasteiger partial charge in [-0.2, -0.15) is 0 Å². The van der Waals surface area contributed by atoms with Crippen molar-refractivity contribution in [1.29, 1.82) is 0 Å². The van der Waals surface area contributed by atoms with Crippen molar-refractivity contribution < 1.29 is 4.79 Å². The van der Waals surface area contributed by atoms with Gasteiger partial charge in [-0.25, -0.2) is 9.97 Å². The summed E-state index contributed by atoms with van der Waals surface area (Å²) in [5.74, 6) is -0.0518. The van der Waals surface area contributed by atoms with Crippen LogP contribution >= 0.6 is 23.2 Å². The molecule has 0 aliphatic carbocycles. The van der Waals surface area contributed by atoms with E-state index in [1.807, 2.05) is 13.0 Å². The van der Waals surface area contributed by atoms with Gasteiger partial charge in [0.1, 0.15) is 11.0 Å². The summed E-state index contributed by atoms with van der Waals surface area (Å²) in [4.78, 5) is 18.8. The van der Waals surface area contributed by atoms with Crippen LogP contribution in [0.2, 0.25) is 10.4 Å². The Morgan fingerprint density at radius 2 is 2.12 bits per heavy atom. The van der Waals surface area contributed by atoms with Crippen molar-refractivity contribution in [3.8, 4) is 0 Å². The third kappa shape index (κ3) is 4.42. The number of nitrogens with zero attached hydrogens (tertiary/aromatic N) is 2. The van der Waals surface area contributed by atoms with E-state index in [9.17, 15) is 4.79 Å². The summed E-state index contributed by atoms with van der Waals surface area (Å²) >= 11 is 11.2. The molecule has 0 unspecified atom stereocenters. The number of amides is 1. The Kier molecular flexibility index (Phi) is 4.95. The first-order valence-corrected chi connectivity index (χ1v) is 5.18. The zero-order valence-electron chi connectivity index (χ0n) is 8.45. The fraction of sp³-hybridized carbons (Fsp3) is 0.100. The van der Waals surface area contributed by atoms with E-state index in [1.165, 1.54) is 12.1 Å². The molecule has 4 nitrogen and oxygen atoms in total. The van der Waals surface area contributed by atoms with Crippen LogP contribution in [0.5, 0.6) is 0 Å². The lowest BCUT2D eigenvalue weighted by Gasteiger charge is -2.01. The van der Waals surface area contributed by atoms with Gasteiger partial charge in [0, 0.05) is 12.1 Å². The molecule has 1 N–H and O–H groups in total. The molecule has 0 atom stereocenters. The Morgan fingerprint density at radius 3 is 2.75 bits per heavy atom. The molecular formula is C10H9Cl2N3O. The van der Waals surface area contributed by atoms with Crippen molar-refractivity contribution in [2.75, 3.05) is 5.32 Å². The molecule has 1 amide bonds. The first-order chi connectivity index (χ1) is 7.61. The van der Waals surface area contributed by atoms with Gasteiger partial charge in [-0.05, 0) is 18.5 Å². The number of rotatable bonds is 3. The molecule has 16 heavy (non-hydrogen) atoms. The van der Waals surface area contributed by atoms with E-state index >= 15 is 0 Å². The lowest BCUT2D eigenvalue weighted by molar-refractivity contribution is -0.111. The van der Waals surface area contributed by atoms with Gasteiger partial charge >= 0.3 is 0 Å². The Morgan fingerprint density at radius 1 is 1.38 bits per heavy atom. The predicted molar refractivity (Wildman–Crippen MR) is 64.6 cm³/mol. The molecule has 1 aromatic heterocycles. The van der Waals surface area contributed by atoms with Crippen molar-refractivity contribution in [1.82, 2.24) is 9.97 Å². The Labute approximate surface area is 103 Å². The summed E-state index contributed by atoms with van der Waals surface area (Å²) in [6.07, 6.45) is 6.52. The molecule has 0 bridgehead atoms. The van der Waals surface area contributed by atoms with Crippen molar-refractivity contribution in [3.05, 3.63) is 40.8 Å². The Bertz CT molecular complexity index is 423. The van der Waals surface area contributed by atoms with Crippen LogP contribution in [0, 0.1) is 0 Å². The summed E-state index contributed by atoms with van der Waals surface area (Å²) in [5.41, 5.74) is 0. The van der Waals surface area contributed by atoms with Gasteiger partial charge in [0.15, 0.2) is 0 Å². The first-order valence-electron chi connectivity index (χ1n) is 4.42. The minimum atomic E-state index is -0.316. The van der Waals surface area contributed by atoms with Crippen LogP contribution < -0.4 is 5.32 Å². The number of hydrogen-bond donors (Lipinski definition) is 1. The van der Waals surface area contributed by atoms with E-state index in [2.05, 4.69) is 15.3 Å². The topological polar surface area (TPSA) is 54.9 Å². The molecule has 0 aromatic carbocycles. The number of hydrogen-bond acceptors (Lipinski definition) is 3. The molecule has 0 saturated carbocycles. The average Bonchev–Trinajstić information content (AvgIpc) is 2.16. The zero-order valence-corrected chi connectivity index (χ0v) is 9.96. The highest BCUT2D eigenvalue weighted by atomic mass is 35.5. The SMILES string of the molecule is CC=CC=CC(=O)Nc1cc(Cl)nc(Cl)n1. The zero-order chi connectivity index (χ0) is 12.0. The molecule has 1 heterocycles. The Hall–Kier alpha value is -1.39. The standard InChI is InChI=1S/C10H9Cl2N3O/c1-2-3-4-5-9(16)14-8-6-7(11)13-10(12)15-8/h2-6H,1H3,(H,13,14,15,16). The van der Waals surface area contributed by atoms with Crippen LogP contribution in [0.4, 0.5) is 5.82 Å². The van der Waals surface area contributed by atoms with Crippen molar-refractivity contribution in [2.45, 2.75) is 6.92 Å². The summed E-state index contributed by atoms with van der Waals surface area (Å²) in [7, 11) is 0. The highest BCUT2D eigenvalue weighted by Crippen LogP contribution is 2.14. The van der Waals surface area contributed by atoms with Gasteiger partial charge in [0.25, 0.3) is 0 Å². The number of carbonyl (C=O) groups is 1. The molecule has 0 spiro atoms. The molecule has 1 rings (SSSR count). The minimum absolute atomic E-state index is 0.0137. The molecule has 6 heteroatoms. The molecule has 0 fully saturated rings. The number of carbonyl (C=O) groups excluding carboxylic acids is 1. The summed E-state index contributed by atoms with van der Waals surface area (Å²) in [6.45, 7) is 1.85. The van der Waals surface area contributed by atoms with Gasteiger partial charge < -0.3 is 5.32 Å². The average molecular weight is 258 g/mol. The molecule has 0 saturated heterocycles. The number of allylic oxidation sites excluding steroid dienone is 3. The molecule has 0 aliphatic heterocycles. The van der Waals surface area contributed by atoms with Crippen LogP contribution in [0.3, 0.4) is 0 Å². The minimum Gasteiger partial charge on any atom is -0.307 e. The van der Waals surface area contributed by atoms with Crippen LogP contribution in [0.15, 0.2) is 30.4 Å². The number of halogens is 2. The maximum Gasteiger partial charge on any atom is 0.249 e. The molecular weight excluding hydrogens is 249 g/mol. The quantitative estimate of drug-likeness (QED) is 0.392. The van der Waals surface area contributed by atoms with E-state index in [0.717, 1.165) is 0 Å². The number of anilines is 1. The second kappa shape index (κ2) is 6.25. The van der Waals surface area contributed by atoms with E-state index in [-0.39, 0.29) is 22.2 Å².